The first-order chi connectivity index (χ1) is 14.3. The van der Waals surface area contributed by atoms with E-state index in [9.17, 15) is 9.59 Å². The van der Waals surface area contributed by atoms with Crippen molar-refractivity contribution in [1.82, 2.24) is 4.90 Å². The molecule has 3 rings (SSSR count). The van der Waals surface area contributed by atoms with Crippen LogP contribution in [0.2, 0.25) is 0 Å². The largest absolute Gasteiger partial charge is 0.491 e. The minimum absolute atomic E-state index is 0.231. The van der Waals surface area contributed by atoms with Crippen molar-refractivity contribution < 1.29 is 14.3 Å². The van der Waals surface area contributed by atoms with E-state index >= 15 is 0 Å². The molecule has 0 bridgehead atoms. The maximum Gasteiger partial charge on any atom is 0.293 e. The van der Waals surface area contributed by atoms with Crippen molar-refractivity contribution in [3.63, 3.8) is 0 Å². The molecule has 156 valence electrons. The first-order valence-electron chi connectivity index (χ1n) is 10.1. The monoisotopic (exact) mass is 421 g/mol. The summed E-state index contributed by atoms with van der Waals surface area (Å²) in [5.41, 5.74) is 4.21. The van der Waals surface area contributed by atoms with Gasteiger partial charge in [0.1, 0.15) is 12.4 Å². The lowest BCUT2D eigenvalue weighted by Gasteiger charge is -2.17. The lowest BCUT2D eigenvalue weighted by atomic mass is 10.0. The third-order valence-corrected chi connectivity index (χ3v) is 5.70. The van der Waals surface area contributed by atoms with Crippen molar-refractivity contribution in [3.05, 3.63) is 81.8 Å². The standard InChI is InChI=1S/C25H27NO3S/c1-17(2)21-11-10-18(3)15-22(21)29-13-12-26-24(27)23(30-25(26)28)16-19(4)14-20-8-6-5-7-9-20/h5-11,14-17H,12-13H2,1-4H3/b19-14+,23-16-. The van der Waals surface area contributed by atoms with Crippen molar-refractivity contribution in [3.8, 4) is 5.75 Å². The molecule has 1 aliphatic rings. The van der Waals surface area contributed by atoms with Crippen molar-refractivity contribution in [2.24, 2.45) is 0 Å². The Morgan fingerprint density at radius 1 is 1.13 bits per heavy atom. The second-order valence-corrected chi connectivity index (χ2v) is 8.67. The quantitative estimate of drug-likeness (QED) is 0.501. The third kappa shape index (κ3) is 5.42. The Bertz CT molecular complexity index is 993. The van der Waals surface area contributed by atoms with Crippen LogP contribution in [0, 0.1) is 6.92 Å². The minimum Gasteiger partial charge on any atom is -0.491 e. The van der Waals surface area contributed by atoms with E-state index in [0.717, 1.165) is 39.8 Å². The molecule has 0 saturated carbocycles. The van der Waals surface area contributed by atoms with Crippen molar-refractivity contribution in [2.45, 2.75) is 33.6 Å². The number of carbonyl (C=O) groups excluding carboxylic acids is 2. The molecule has 1 aliphatic heterocycles. The molecular formula is C25H27NO3S. The highest BCUT2D eigenvalue weighted by Gasteiger charge is 2.34. The molecular weight excluding hydrogens is 394 g/mol. The molecule has 0 unspecified atom stereocenters. The Labute approximate surface area is 182 Å². The summed E-state index contributed by atoms with van der Waals surface area (Å²) < 4.78 is 5.95. The minimum atomic E-state index is -0.261. The molecule has 2 aromatic carbocycles. The van der Waals surface area contributed by atoms with E-state index in [0.29, 0.717) is 10.8 Å². The topological polar surface area (TPSA) is 46.6 Å². The molecule has 4 nitrogen and oxygen atoms in total. The van der Waals surface area contributed by atoms with E-state index in [-0.39, 0.29) is 24.3 Å². The van der Waals surface area contributed by atoms with Crippen molar-refractivity contribution in [1.29, 1.82) is 0 Å². The fraction of sp³-hybridized carbons (Fsp3) is 0.280. The van der Waals surface area contributed by atoms with Crippen LogP contribution in [-0.2, 0) is 4.79 Å². The summed E-state index contributed by atoms with van der Waals surface area (Å²) in [6.45, 7) is 8.68. The van der Waals surface area contributed by atoms with Crippen LogP contribution in [0.3, 0.4) is 0 Å². The lowest BCUT2D eigenvalue weighted by molar-refractivity contribution is -0.123. The van der Waals surface area contributed by atoms with Crippen LogP contribution in [0.1, 0.15) is 43.4 Å². The summed E-state index contributed by atoms with van der Waals surface area (Å²) in [6, 6.07) is 16.0. The van der Waals surface area contributed by atoms with Gasteiger partial charge in [0.05, 0.1) is 11.4 Å². The number of benzene rings is 2. The number of hydrogen-bond donors (Lipinski definition) is 0. The van der Waals surface area contributed by atoms with Gasteiger partial charge in [0.25, 0.3) is 11.1 Å². The zero-order valence-electron chi connectivity index (χ0n) is 17.8. The van der Waals surface area contributed by atoms with Crippen LogP contribution in [0.5, 0.6) is 5.75 Å². The smallest absolute Gasteiger partial charge is 0.293 e. The van der Waals surface area contributed by atoms with Gasteiger partial charge in [0.15, 0.2) is 0 Å². The number of ether oxygens (including phenoxy) is 1. The van der Waals surface area contributed by atoms with Gasteiger partial charge in [0.2, 0.25) is 0 Å². The zero-order chi connectivity index (χ0) is 21.7. The highest BCUT2D eigenvalue weighted by atomic mass is 32.2. The average molecular weight is 422 g/mol. The highest BCUT2D eigenvalue weighted by molar-refractivity contribution is 8.18. The number of imide groups is 1. The maximum absolute atomic E-state index is 12.7. The van der Waals surface area contributed by atoms with E-state index in [1.54, 1.807) is 6.08 Å². The van der Waals surface area contributed by atoms with Crippen LogP contribution in [0.25, 0.3) is 6.08 Å². The number of hydrogen-bond acceptors (Lipinski definition) is 4. The third-order valence-electron chi connectivity index (χ3n) is 4.79. The molecule has 5 heteroatoms. The number of nitrogens with zero attached hydrogens (tertiary/aromatic N) is 1. The number of thioether (sulfide) groups is 1. The van der Waals surface area contributed by atoms with Gasteiger partial charge in [-0.1, -0.05) is 62.4 Å². The number of amides is 2. The van der Waals surface area contributed by atoms with Gasteiger partial charge in [-0.25, -0.2) is 0 Å². The lowest BCUT2D eigenvalue weighted by Crippen LogP contribution is -2.32. The Morgan fingerprint density at radius 3 is 2.57 bits per heavy atom. The fourth-order valence-electron chi connectivity index (χ4n) is 3.24. The Balaban J connectivity index is 1.65. The molecule has 2 amide bonds. The summed E-state index contributed by atoms with van der Waals surface area (Å²) in [7, 11) is 0. The van der Waals surface area contributed by atoms with E-state index < -0.39 is 0 Å². The van der Waals surface area contributed by atoms with E-state index in [2.05, 4.69) is 26.0 Å². The summed E-state index contributed by atoms with van der Waals surface area (Å²) in [5, 5.41) is -0.254. The maximum atomic E-state index is 12.7. The number of allylic oxidation sites excluding steroid dienone is 2. The second kappa shape index (κ2) is 9.81. The Morgan fingerprint density at radius 2 is 1.87 bits per heavy atom. The molecule has 0 atom stereocenters. The summed E-state index contributed by atoms with van der Waals surface area (Å²) in [5.74, 6) is 0.886. The van der Waals surface area contributed by atoms with E-state index in [1.165, 1.54) is 4.90 Å². The van der Waals surface area contributed by atoms with E-state index in [1.807, 2.05) is 56.3 Å². The molecule has 1 saturated heterocycles. The van der Waals surface area contributed by atoms with Gasteiger partial charge < -0.3 is 4.74 Å². The highest BCUT2D eigenvalue weighted by Crippen LogP contribution is 2.32. The fourth-order valence-corrected chi connectivity index (χ4v) is 4.16. The predicted molar refractivity (Wildman–Crippen MR) is 124 cm³/mol. The van der Waals surface area contributed by atoms with Gasteiger partial charge in [0, 0.05) is 0 Å². The normalized spacial score (nSPS) is 16.1. The van der Waals surface area contributed by atoms with Crippen LogP contribution in [-0.4, -0.2) is 29.2 Å². The molecule has 0 N–H and O–H groups in total. The molecule has 0 radical (unpaired) electrons. The van der Waals surface area contributed by atoms with Crippen LogP contribution in [0.15, 0.2) is 65.1 Å². The van der Waals surface area contributed by atoms with Crippen LogP contribution in [0.4, 0.5) is 4.79 Å². The second-order valence-electron chi connectivity index (χ2n) is 7.68. The molecule has 30 heavy (non-hydrogen) atoms. The summed E-state index contributed by atoms with van der Waals surface area (Å²) in [4.78, 5) is 26.8. The Hall–Kier alpha value is -2.79. The van der Waals surface area contributed by atoms with Gasteiger partial charge in [-0.3, -0.25) is 14.5 Å². The first kappa shape index (κ1) is 21.9. The number of carbonyl (C=O) groups is 2. The van der Waals surface area contributed by atoms with Crippen LogP contribution >= 0.6 is 11.8 Å². The SMILES string of the molecule is CC(/C=C1\SC(=O)N(CCOc2cc(C)ccc2C(C)C)C1=O)=C\c1ccccc1. The first-order valence-corrected chi connectivity index (χ1v) is 10.9. The number of rotatable bonds is 7. The molecule has 0 aromatic heterocycles. The van der Waals surface area contributed by atoms with Crippen molar-refractivity contribution >= 4 is 29.0 Å². The average Bonchev–Trinajstić information content (AvgIpc) is 2.95. The summed E-state index contributed by atoms with van der Waals surface area (Å²) >= 11 is 0.980. The predicted octanol–water partition coefficient (Wildman–Crippen LogP) is 6.18. The van der Waals surface area contributed by atoms with Gasteiger partial charge in [-0.05, 0) is 65.9 Å². The molecule has 0 aliphatic carbocycles. The van der Waals surface area contributed by atoms with Crippen LogP contribution < -0.4 is 4.74 Å². The van der Waals surface area contributed by atoms with Gasteiger partial charge in [-0.15, -0.1) is 0 Å². The molecule has 2 aromatic rings. The zero-order valence-corrected chi connectivity index (χ0v) is 18.7. The molecule has 1 heterocycles. The van der Waals surface area contributed by atoms with Gasteiger partial charge in [-0.2, -0.15) is 0 Å². The summed E-state index contributed by atoms with van der Waals surface area (Å²) in [6.07, 6.45) is 3.76. The molecule has 0 spiro atoms. The van der Waals surface area contributed by atoms with Crippen molar-refractivity contribution in [2.75, 3.05) is 13.2 Å². The number of aryl methyl sites for hydroxylation is 1. The van der Waals surface area contributed by atoms with Gasteiger partial charge >= 0.3 is 0 Å². The molecule has 1 fully saturated rings. The Kier molecular flexibility index (Phi) is 7.16. The van der Waals surface area contributed by atoms with E-state index in [4.69, 9.17) is 4.74 Å².